The van der Waals surface area contributed by atoms with Crippen molar-refractivity contribution >= 4 is 16.9 Å². The summed E-state index contributed by atoms with van der Waals surface area (Å²) < 4.78 is 5.21. The number of methoxy groups -OCH3 is 1. The van der Waals surface area contributed by atoms with E-state index in [1.165, 1.54) is 0 Å². The second-order valence-electron chi connectivity index (χ2n) is 7.24. The van der Waals surface area contributed by atoms with E-state index in [1.807, 2.05) is 55.5 Å². The predicted octanol–water partition coefficient (Wildman–Crippen LogP) is 3.56. The third-order valence-electron chi connectivity index (χ3n) is 5.13. The molecule has 0 aliphatic carbocycles. The van der Waals surface area contributed by atoms with Crippen molar-refractivity contribution in [2.75, 3.05) is 13.7 Å². The van der Waals surface area contributed by atoms with Crippen molar-refractivity contribution < 1.29 is 9.53 Å². The van der Waals surface area contributed by atoms with E-state index in [4.69, 9.17) is 4.74 Å². The number of hydrogen-bond donors (Lipinski definition) is 3. The van der Waals surface area contributed by atoms with E-state index in [0.29, 0.717) is 6.54 Å². The van der Waals surface area contributed by atoms with Gasteiger partial charge in [-0.3, -0.25) is 9.89 Å². The summed E-state index contributed by atoms with van der Waals surface area (Å²) in [6.45, 7) is 2.54. The molecule has 7 nitrogen and oxygen atoms in total. The third kappa shape index (κ3) is 4.35. The summed E-state index contributed by atoms with van der Waals surface area (Å²) in [5.41, 5.74) is 5.57. The van der Waals surface area contributed by atoms with Gasteiger partial charge >= 0.3 is 0 Å². The van der Waals surface area contributed by atoms with Crippen LogP contribution in [0.1, 0.15) is 23.5 Å². The Kier molecular flexibility index (Phi) is 5.79. The number of aromatic nitrogens is 4. The van der Waals surface area contributed by atoms with E-state index in [0.717, 1.165) is 58.0 Å². The number of benzene rings is 2. The first kappa shape index (κ1) is 19.7. The maximum atomic E-state index is 12.5. The van der Waals surface area contributed by atoms with Crippen molar-refractivity contribution in [3.63, 3.8) is 0 Å². The number of H-pyrrole nitrogens is 2. The highest BCUT2D eigenvalue weighted by atomic mass is 16.5. The largest absolute Gasteiger partial charge is 0.497 e. The monoisotopic (exact) mass is 403 g/mol. The molecule has 30 heavy (non-hydrogen) atoms. The summed E-state index contributed by atoms with van der Waals surface area (Å²) in [5.74, 6) is 1.71. The molecular formula is C23H25N5O2. The Balaban J connectivity index is 1.32. The number of aromatic amines is 2. The molecule has 4 rings (SSSR count). The fraction of sp³-hybridized carbons (Fsp3) is 0.261. The van der Waals surface area contributed by atoms with Crippen molar-refractivity contribution in [3.8, 4) is 17.0 Å². The molecule has 0 fully saturated rings. The summed E-state index contributed by atoms with van der Waals surface area (Å²) in [6, 6.07) is 15.6. The van der Waals surface area contributed by atoms with Gasteiger partial charge in [0.1, 0.15) is 11.6 Å². The molecule has 1 amide bonds. The Bertz CT molecular complexity index is 1110. The Morgan fingerprint density at radius 1 is 1.13 bits per heavy atom. The fourth-order valence-electron chi connectivity index (χ4n) is 3.49. The van der Waals surface area contributed by atoms with Crippen LogP contribution in [0.3, 0.4) is 0 Å². The summed E-state index contributed by atoms with van der Waals surface area (Å²) >= 11 is 0. The number of fused-ring (bicyclic) bond motifs is 1. The molecule has 0 saturated carbocycles. The van der Waals surface area contributed by atoms with Crippen molar-refractivity contribution in [2.24, 2.45) is 0 Å². The van der Waals surface area contributed by atoms with E-state index in [1.54, 1.807) is 7.11 Å². The molecule has 2 aromatic carbocycles. The first-order valence-corrected chi connectivity index (χ1v) is 10.0. The van der Waals surface area contributed by atoms with Crippen LogP contribution in [-0.2, 0) is 17.6 Å². The summed E-state index contributed by atoms with van der Waals surface area (Å²) in [5, 5.41) is 10.4. The highest BCUT2D eigenvalue weighted by molar-refractivity contribution is 5.81. The number of para-hydroxylation sites is 2. The van der Waals surface area contributed by atoms with Crippen molar-refractivity contribution in [1.29, 1.82) is 0 Å². The number of hydrogen-bond acceptors (Lipinski definition) is 4. The number of aryl methyl sites for hydroxylation is 2. The van der Waals surface area contributed by atoms with Crippen LogP contribution >= 0.6 is 0 Å². The zero-order valence-corrected chi connectivity index (χ0v) is 17.2. The molecule has 0 bridgehead atoms. The molecular weight excluding hydrogens is 378 g/mol. The Morgan fingerprint density at radius 3 is 2.70 bits per heavy atom. The van der Waals surface area contributed by atoms with Crippen molar-refractivity contribution in [2.45, 2.75) is 26.2 Å². The maximum Gasteiger partial charge on any atom is 0.224 e. The van der Waals surface area contributed by atoms with Crippen LogP contribution in [0.25, 0.3) is 22.3 Å². The number of rotatable bonds is 8. The van der Waals surface area contributed by atoms with Gasteiger partial charge in [-0.15, -0.1) is 0 Å². The molecule has 0 atom stereocenters. The standard InChI is InChI=1S/C23H25N5O2/c1-15-18(23(28-27-15)16-9-11-17(30-2)12-10-16)14-22(29)24-13-5-8-21-25-19-6-3-4-7-20(19)26-21/h3-4,6-7,9-12H,5,8,13-14H2,1-2H3,(H,24,29)(H,25,26)(H,27,28). The van der Waals surface area contributed by atoms with E-state index in [9.17, 15) is 4.79 Å². The molecule has 0 spiro atoms. The smallest absolute Gasteiger partial charge is 0.224 e. The van der Waals surface area contributed by atoms with Gasteiger partial charge in [0.25, 0.3) is 0 Å². The van der Waals surface area contributed by atoms with E-state index >= 15 is 0 Å². The number of nitrogens with zero attached hydrogens (tertiary/aromatic N) is 2. The lowest BCUT2D eigenvalue weighted by Gasteiger charge is -2.07. The number of imidazole rings is 1. The molecule has 3 N–H and O–H groups in total. The minimum absolute atomic E-state index is 0.0149. The second-order valence-corrected chi connectivity index (χ2v) is 7.24. The van der Waals surface area contributed by atoms with E-state index < -0.39 is 0 Å². The molecule has 0 radical (unpaired) electrons. The van der Waals surface area contributed by atoms with Gasteiger partial charge in [0.05, 0.1) is 30.3 Å². The predicted molar refractivity (Wildman–Crippen MR) is 116 cm³/mol. The molecule has 2 heterocycles. The lowest BCUT2D eigenvalue weighted by molar-refractivity contribution is -0.120. The average molecular weight is 403 g/mol. The van der Waals surface area contributed by atoms with Crippen LogP contribution in [0.5, 0.6) is 5.75 Å². The summed E-state index contributed by atoms with van der Waals surface area (Å²) in [7, 11) is 1.64. The lowest BCUT2D eigenvalue weighted by Crippen LogP contribution is -2.26. The second kappa shape index (κ2) is 8.82. The van der Waals surface area contributed by atoms with E-state index in [-0.39, 0.29) is 12.3 Å². The van der Waals surface area contributed by atoms with Gasteiger partial charge in [0.15, 0.2) is 0 Å². The first-order chi connectivity index (χ1) is 14.6. The zero-order chi connectivity index (χ0) is 20.9. The SMILES string of the molecule is COc1ccc(-c2n[nH]c(C)c2CC(=O)NCCCc2nc3ccccc3[nH]2)cc1. The van der Waals surface area contributed by atoms with Crippen molar-refractivity contribution in [1.82, 2.24) is 25.5 Å². The van der Waals surface area contributed by atoms with Crippen LogP contribution in [0, 0.1) is 6.92 Å². The first-order valence-electron chi connectivity index (χ1n) is 10.0. The lowest BCUT2D eigenvalue weighted by atomic mass is 10.0. The van der Waals surface area contributed by atoms with Gasteiger partial charge in [-0.25, -0.2) is 4.98 Å². The van der Waals surface area contributed by atoms with Gasteiger partial charge in [0.2, 0.25) is 5.91 Å². The molecule has 154 valence electrons. The normalized spacial score (nSPS) is 11.0. The molecule has 0 saturated heterocycles. The number of amides is 1. The van der Waals surface area contributed by atoms with E-state index in [2.05, 4.69) is 25.5 Å². The van der Waals surface area contributed by atoms with Gasteiger partial charge in [0, 0.05) is 29.8 Å². The molecule has 0 aliphatic rings. The number of carbonyl (C=O) groups is 1. The summed E-state index contributed by atoms with van der Waals surface area (Å²) in [4.78, 5) is 20.4. The van der Waals surface area contributed by atoms with Crippen LogP contribution in [0.2, 0.25) is 0 Å². The Hall–Kier alpha value is -3.61. The topological polar surface area (TPSA) is 95.7 Å². The third-order valence-corrected chi connectivity index (χ3v) is 5.13. The number of carbonyl (C=O) groups excluding carboxylic acids is 1. The quantitative estimate of drug-likeness (QED) is 0.392. The maximum absolute atomic E-state index is 12.5. The minimum atomic E-state index is -0.0149. The average Bonchev–Trinajstić information content (AvgIpc) is 3.34. The minimum Gasteiger partial charge on any atom is -0.497 e. The Morgan fingerprint density at radius 2 is 1.93 bits per heavy atom. The van der Waals surface area contributed by atoms with Crippen LogP contribution in [0.4, 0.5) is 0 Å². The molecule has 2 aromatic heterocycles. The highest BCUT2D eigenvalue weighted by Gasteiger charge is 2.15. The molecule has 0 aliphatic heterocycles. The fourth-order valence-corrected chi connectivity index (χ4v) is 3.49. The molecule has 0 unspecified atom stereocenters. The summed E-state index contributed by atoms with van der Waals surface area (Å²) in [6.07, 6.45) is 1.90. The molecule has 7 heteroatoms. The van der Waals surface area contributed by atoms with Gasteiger partial charge in [-0.05, 0) is 49.7 Å². The zero-order valence-electron chi connectivity index (χ0n) is 17.2. The van der Waals surface area contributed by atoms with Crippen LogP contribution in [0.15, 0.2) is 48.5 Å². The van der Waals surface area contributed by atoms with Crippen LogP contribution < -0.4 is 10.1 Å². The Labute approximate surface area is 174 Å². The highest BCUT2D eigenvalue weighted by Crippen LogP contribution is 2.26. The van der Waals surface area contributed by atoms with Gasteiger partial charge in [-0.1, -0.05) is 12.1 Å². The van der Waals surface area contributed by atoms with Crippen LogP contribution in [-0.4, -0.2) is 39.7 Å². The van der Waals surface area contributed by atoms with Gasteiger partial charge < -0.3 is 15.0 Å². The molecule has 4 aromatic rings. The van der Waals surface area contributed by atoms with Gasteiger partial charge in [-0.2, -0.15) is 5.10 Å². The van der Waals surface area contributed by atoms with Crippen molar-refractivity contribution in [3.05, 3.63) is 65.6 Å². The number of ether oxygens (including phenoxy) is 1. The number of nitrogens with one attached hydrogen (secondary N) is 3.